The van der Waals surface area contributed by atoms with Crippen LogP contribution in [0, 0.1) is 0 Å². The summed E-state index contributed by atoms with van der Waals surface area (Å²) in [7, 11) is 2.15. The molecule has 5 rings (SSSR count). The highest BCUT2D eigenvalue weighted by molar-refractivity contribution is 6.31. The van der Waals surface area contributed by atoms with Gasteiger partial charge in [0.25, 0.3) is 6.43 Å². The number of carbonyl (C=O) groups is 1. The van der Waals surface area contributed by atoms with Crippen LogP contribution < -0.4 is 9.80 Å². The zero-order valence-corrected chi connectivity index (χ0v) is 23.1. The number of rotatable bonds is 7. The molecular weight excluding hydrogens is 524 g/mol. The minimum atomic E-state index is -2.84. The van der Waals surface area contributed by atoms with Crippen LogP contribution in [0.15, 0.2) is 48.7 Å². The van der Waals surface area contributed by atoms with Crippen LogP contribution in [0.2, 0.25) is 5.02 Å². The van der Waals surface area contributed by atoms with E-state index < -0.39 is 12.4 Å². The molecule has 3 heterocycles. The Kier molecular flexibility index (Phi) is 8.37. The number of carbonyl (C=O) groups excluding carboxylic acids is 1. The Morgan fingerprint density at radius 2 is 1.82 bits per heavy atom. The molecule has 2 saturated heterocycles. The number of hydrogen-bond acceptors (Lipinski definition) is 6. The third-order valence-electron chi connectivity index (χ3n) is 7.63. The summed E-state index contributed by atoms with van der Waals surface area (Å²) in [6.07, 6.45) is -0.181. The minimum Gasteiger partial charge on any atom is -0.462 e. The first kappa shape index (κ1) is 27.4. The average molecular weight is 558 g/mol. The van der Waals surface area contributed by atoms with E-state index in [2.05, 4.69) is 51.1 Å². The van der Waals surface area contributed by atoms with Gasteiger partial charge in [0.15, 0.2) is 0 Å². The number of aromatic nitrogens is 2. The van der Waals surface area contributed by atoms with Gasteiger partial charge in [0, 0.05) is 61.2 Å². The van der Waals surface area contributed by atoms with E-state index in [1.165, 1.54) is 16.6 Å². The topological polar surface area (TPSA) is 53.8 Å². The number of anilines is 2. The van der Waals surface area contributed by atoms with E-state index in [1.807, 2.05) is 18.2 Å². The van der Waals surface area contributed by atoms with Gasteiger partial charge < -0.3 is 19.4 Å². The van der Waals surface area contributed by atoms with Gasteiger partial charge in [0.1, 0.15) is 11.3 Å². The van der Waals surface area contributed by atoms with Crippen molar-refractivity contribution in [3.63, 3.8) is 0 Å². The molecule has 0 bridgehead atoms. The Hall–Kier alpha value is -3.17. The van der Waals surface area contributed by atoms with E-state index in [-0.39, 0.29) is 23.9 Å². The standard InChI is InChI=1S/C29H34ClF2N5O2/c1-3-39-29(38)25-18-33-37(27(25)28(31)32)23-5-4-12-36(19-23)26-17-21(30)8-11-24(26)20-6-9-22(10-7-20)35-15-13-34(2)14-16-35/h6-11,17-18,23,28H,3-5,12-16,19H2,1-2H3. The zero-order chi connectivity index (χ0) is 27.5. The quantitative estimate of drug-likeness (QED) is 0.337. The first-order valence-corrected chi connectivity index (χ1v) is 13.8. The minimum absolute atomic E-state index is 0.109. The van der Waals surface area contributed by atoms with E-state index in [4.69, 9.17) is 16.3 Å². The molecule has 2 aromatic carbocycles. The fourth-order valence-electron chi connectivity index (χ4n) is 5.55. The molecule has 10 heteroatoms. The van der Waals surface area contributed by atoms with Crippen LogP contribution >= 0.6 is 11.6 Å². The number of ether oxygens (including phenoxy) is 1. The van der Waals surface area contributed by atoms with E-state index in [0.29, 0.717) is 18.0 Å². The third kappa shape index (κ3) is 5.89. The smallest absolute Gasteiger partial charge is 0.341 e. The summed E-state index contributed by atoms with van der Waals surface area (Å²) < 4.78 is 34.5. The van der Waals surface area contributed by atoms with Crippen molar-refractivity contribution in [1.29, 1.82) is 0 Å². The lowest BCUT2D eigenvalue weighted by atomic mass is 9.99. The van der Waals surface area contributed by atoms with Crippen molar-refractivity contribution in [2.75, 3.05) is 62.7 Å². The third-order valence-corrected chi connectivity index (χ3v) is 7.86. The fourth-order valence-corrected chi connectivity index (χ4v) is 5.71. The molecule has 0 radical (unpaired) electrons. The van der Waals surface area contributed by atoms with Gasteiger partial charge in [-0.15, -0.1) is 0 Å². The Morgan fingerprint density at radius 1 is 1.08 bits per heavy atom. The number of nitrogens with zero attached hydrogens (tertiary/aromatic N) is 5. The molecule has 208 valence electrons. The van der Waals surface area contributed by atoms with Gasteiger partial charge in [-0.25, -0.2) is 13.6 Å². The van der Waals surface area contributed by atoms with Crippen molar-refractivity contribution in [2.45, 2.75) is 32.2 Å². The summed E-state index contributed by atoms with van der Waals surface area (Å²) in [6, 6.07) is 14.1. The van der Waals surface area contributed by atoms with Gasteiger partial charge in [-0.05, 0) is 56.6 Å². The van der Waals surface area contributed by atoms with Crippen LogP contribution in [0.5, 0.6) is 0 Å². The number of halogens is 3. The van der Waals surface area contributed by atoms with E-state index in [0.717, 1.165) is 56.0 Å². The number of alkyl halides is 2. The van der Waals surface area contributed by atoms with E-state index in [1.54, 1.807) is 6.92 Å². The summed E-state index contributed by atoms with van der Waals surface area (Å²) >= 11 is 6.44. The van der Waals surface area contributed by atoms with Gasteiger partial charge >= 0.3 is 5.97 Å². The van der Waals surface area contributed by atoms with Crippen molar-refractivity contribution in [2.24, 2.45) is 0 Å². The summed E-state index contributed by atoms with van der Waals surface area (Å²) in [4.78, 5) is 19.2. The normalized spacial score (nSPS) is 18.6. The number of hydrogen-bond donors (Lipinski definition) is 0. The zero-order valence-electron chi connectivity index (χ0n) is 22.3. The van der Waals surface area contributed by atoms with Crippen LogP contribution in [0.3, 0.4) is 0 Å². The number of likely N-dealkylation sites (N-methyl/N-ethyl adjacent to an activating group) is 1. The van der Waals surface area contributed by atoms with Crippen LogP contribution in [-0.4, -0.2) is 73.6 Å². The number of piperazine rings is 1. The largest absolute Gasteiger partial charge is 0.462 e. The van der Waals surface area contributed by atoms with E-state index >= 15 is 0 Å². The van der Waals surface area contributed by atoms with Crippen LogP contribution in [0.1, 0.15) is 48.3 Å². The van der Waals surface area contributed by atoms with Crippen molar-refractivity contribution in [1.82, 2.24) is 14.7 Å². The molecular formula is C29H34ClF2N5O2. The first-order chi connectivity index (χ1) is 18.9. The Morgan fingerprint density at radius 3 is 2.51 bits per heavy atom. The van der Waals surface area contributed by atoms with Crippen LogP contribution in [0.4, 0.5) is 20.2 Å². The highest BCUT2D eigenvalue weighted by Crippen LogP contribution is 2.38. The molecule has 0 N–H and O–H groups in total. The van der Waals surface area contributed by atoms with Crippen molar-refractivity contribution in [3.8, 4) is 11.1 Å². The number of benzene rings is 2. The van der Waals surface area contributed by atoms with Gasteiger partial charge in [-0.1, -0.05) is 29.8 Å². The highest BCUT2D eigenvalue weighted by atomic mass is 35.5. The lowest BCUT2D eigenvalue weighted by Crippen LogP contribution is -2.44. The lowest BCUT2D eigenvalue weighted by Gasteiger charge is -2.36. The monoisotopic (exact) mass is 557 g/mol. The number of esters is 1. The molecule has 7 nitrogen and oxygen atoms in total. The molecule has 0 spiro atoms. The van der Waals surface area contributed by atoms with Crippen LogP contribution in [-0.2, 0) is 4.74 Å². The fraction of sp³-hybridized carbons (Fsp3) is 0.448. The summed E-state index contributed by atoms with van der Waals surface area (Å²) in [5.74, 6) is -0.774. The maximum Gasteiger partial charge on any atom is 0.341 e. The molecule has 3 aromatic rings. The Balaban J connectivity index is 1.41. The van der Waals surface area contributed by atoms with Gasteiger partial charge in [0.05, 0.1) is 18.8 Å². The molecule has 2 aliphatic heterocycles. The van der Waals surface area contributed by atoms with E-state index in [9.17, 15) is 13.6 Å². The first-order valence-electron chi connectivity index (χ1n) is 13.5. The second-order valence-corrected chi connectivity index (χ2v) is 10.6. The molecule has 2 aliphatic rings. The second-order valence-electron chi connectivity index (χ2n) is 10.1. The molecule has 0 saturated carbocycles. The van der Waals surface area contributed by atoms with Crippen molar-refractivity contribution >= 4 is 28.9 Å². The van der Waals surface area contributed by atoms with Crippen molar-refractivity contribution < 1.29 is 18.3 Å². The highest BCUT2D eigenvalue weighted by Gasteiger charge is 2.32. The maximum atomic E-state index is 14.1. The molecule has 0 amide bonds. The second kappa shape index (κ2) is 11.9. The van der Waals surface area contributed by atoms with Gasteiger partial charge in [-0.3, -0.25) is 4.68 Å². The van der Waals surface area contributed by atoms with Crippen LogP contribution in [0.25, 0.3) is 11.1 Å². The molecule has 0 aliphatic carbocycles. The predicted molar refractivity (Wildman–Crippen MR) is 150 cm³/mol. The predicted octanol–water partition coefficient (Wildman–Crippen LogP) is 5.91. The van der Waals surface area contributed by atoms with Gasteiger partial charge in [0.2, 0.25) is 0 Å². The van der Waals surface area contributed by atoms with Crippen molar-refractivity contribution in [3.05, 3.63) is 64.9 Å². The summed E-state index contributed by atoms with van der Waals surface area (Å²) in [5, 5.41) is 4.84. The number of piperidine rings is 1. The maximum absolute atomic E-state index is 14.1. The lowest BCUT2D eigenvalue weighted by molar-refractivity contribution is 0.0512. The summed E-state index contributed by atoms with van der Waals surface area (Å²) in [5.41, 5.74) is 3.70. The molecule has 1 atom stereocenters. The molecule has 2 fully saturated rings. The summed E-state index contributed by atoms with van der Waals surface area (Å²) in [6.45, 7) is 7.08. The Labute approximate surface area is 232 Å². The molecule has 39 heavy (non-hydrogen) atoms. The SMILES string of the molecule is CCOC(=O)c1cnn(C2CCCN(c3cc(Cl)ccc3-c3ccc(N4CCN(C)CC4)cc3)C2)c1C(F)F. The average Bonchev–Trinajstić information content (AvgIpc) is 3.40. The molecule has 1 unspecified atom stereocenters. The molecule has 1 aromatic heterocycles. The van der Waals surface area contributed by atoms with Gasteiger partial charge in [-0.2, -0.15) is 5.10 Å². The Bertz CT molecular complexity index is 1290.